The van der Waals surface area contributed by atoms with Crippen LogP contribution in [-0.4, -0.2) is 36.1 Å². The van der Waals surface area contributed by atoms with Gasteiger partial charge in [0, 0.05) is 25.2 Å². The van der Waals surface area contributed by atoms with Gasteiger partial charge in [-0.05, 0) is 31.1 Å². The van der Waals surface area contributed by atoms with Crippen molar-refractivity contribution in [1.82, 2.24) is 10.2 Å². The van der Waals surface area contributed by atoms with Crippen molar-refractivity contribution in [2.24, 2.45) is 11.1 Å². The zero-order chi connectivity index (χ0) is 11.8. The number of hydrogen-bond acceptors (Lipinski definition) is 2. The third-order valence-corrected chi connectivity index (χ3v) is 4.03. The zero-order valence-electron chi connectivity index (χ0n) is 10.3. The lowest BCUT2D eigenvalue weighted by atomic mass is 9.80. The zero-order valence-corrected chi connectivity index (χ0v) is 10.3. The summed E-state index contributed by atoms with van der Waals surface area (Å²) in [6, 6.07) is 0.733. The van der Waals surface area contributed by atoms with Gasteiger partial charge in [0.05, 0.1) is 0 Å². The van der Waals surface area contributed by atoms with Crippen molar-refractivity contribution >= 4 is 6.03 Å². The number of likely N-dealkylation sites (tertiary alicyclic amines) is 1. The quantitative estimate of drug-likeness (QED) is 0.707. The maximum Gasteiger partial charge on any atom is 0.317 e. The van der Waals surface area contributed by atoms with Crippen LogP contribution in [0.3, 0.4) is 0 Å². The van der Waals surface area contributed by atoms with Crippen LogP contribution in [-0.2, 0) is 0 Å². The fraction of sp³-hybridized carbons (Fsp3) is 0.917. The van der Waals surface area contributed by atoms with Crippen LogP contribution in [0.1, 0.15) is 39.5 Å². The summed E-state index contributed by atoms with van der Waals surface area (Å²) in [6.07, 6.45) is 4.44. The van der Waals surface area contributed by atoms with E-state index < -0.39 is 0 Å². The predicted octanol–water partition coefficient (Wildman–Crippen LogP) is 1.31. The molecule has 0 bridgehead atoms. The van der Waals surface area contributed by atoms with Crippen molar-refractivity contribution in [3.63, 3.8) is 0 Å². The van der Waals surface area contributed by atoms with Gasteiger partial charge < -0.3 is 16.0 Å². The number of nitrogens with two attached hydrogens (primary N) is 1. The molecule has 1 heterocycles. The minimum atomic E-state index is 0.0369. The van der Waals surface area contributed by atoms with Crippen molar-refractivity contribution in [3.05, 3.63) is 0 Å². The van der Waals surface area contributed by atoms with Crippen LogP contribution in [0, 0.1) is 5.41 Å². The molecule has 4 nitrogen and oxygen atoms in total. The molecule has 4 heteroatoms. The summed E-state index contributed by atoms with van der Waals surface area (Å²) in [5.74, 6) is 0. The number of carbonyl (C=O) groups is 1. The van der Waals surface area contributed by atoms with Gasteiger partial charge in [-0.15, -0.1) is 0 Å². The Morgan fingerprint density at radius 2 is 2.06 bits per heavy atom. The van der Waals surface area contributed by atoms with Crippen LogP contribution in [0.2, 0.25) is 0 Å². The molecule has 1 saturated heterocycles. The molecule has 1 aliphatic carbocycles. The highest BCUT2D eigenvalue weighted by molar-refractivity contribution is 5.74. The number of rotatable bonds is 1. The average Bonchev–Trinajstić information content (AvgIpc) is 2.15. The van der Waals surface area contributed by atoms with Crippen molar-refractivity contribution in [2.75, 3.05) is 13.1 Å². The maximum absolute atomic E-state index is 12.0. The van der Waals surface area contributed by atoms with Gasteiger partial charge in [0.1, 0.15) is 0 Å². The van der Waals surface area contributed by atoms with E-state index in [1.165, 1.54) is 6.42 Å². The standard InChI is InChI=1S/C12H23N3O/c1-12(2)8-15(7-6-10(12)13)11(16)14-9-4-3-5-9/h9-10H,3-8,13H2,1-2H3,(H,14,16). The van der Waals surface area contributed by atoms with Gasteiger partial charge >= 0.3 is 6.03 Å². The van der Waals surface area contributed by atoms with Gasteiger partial charge in [-0.25, -0.2) is 4.79 Å². The summed E-state index contributed by atoms with van der Waals surface area (Å²) in [7, 11) is 0. The van der Waals surface area contributed by atoms with E-state index in [1.54, 1.807) is 0 Å². The fourth-order valence-corrected chi connectivity index (χ4v) is 2.37. The summed E-state index contributed by atoms with van der Waals surface area (Å²) >= 11 is 0. The van der Waals surface area contributed by atoms with Gasteiger partial charge in [0.15, 0.2) is 0 Å². The molecular weight excluding hydrogens is 202 g/mol. The summed E-state index contributed by atoms with van der Waals surface area (Å²) in [5.41, 5.74) is 6.09. The molecule has 3 N–H and O–H groups in total. The highest BCUT2D eigenvalue weighted by Gasteiger charge is 2.36. The molecule has 0 spiro atoms. The summed E-state index contributed by atoms with van der Waals surface area (Å²) in [4.78, 5) is 13.9. The van der Waals surface area contributed by atoms with E-state index in [4.69, 9.17) is 5.73 Å². The lowest BCUT2D eigenvalue weighted by Crippen LogP contribution is -2.57. The minimum absolute atomic E-state index is 0.0369. The Kier molecular flexibility index (Phi) is 3.10. The van der Waals surface area contributed by atoms with Gasteiger partial charge in [-0.3, -0.25) is 0 Å². The van der Waals surface area contributed by atoms with Crippen molar-refractivity contribution in [3.8, 4) is 0 Å². The van der Waals surface area contributed by atoms with Crippen molar-refractivity contribution in [1.29, 1.82) is 0 Å². The Labute approximate surface area is 97.6 Å². The van der Waals surface area contributed by atoms with E-state index in [0.29, 0.717) is 6.04 Å². The molecule has 2 aliphatic rings. The number of nitrogens with zero attached hydrogens (tertiary/aromatic N) is 1. The first kappa shape index (κ1) is 11.7. The molecule has 2 rings (SSSR count). The summed E-state index contributed by atoms with van der Waals surface area (Å²) < 4.78 is 0. The summed E-state index contributed by atoms with van der Waals surface area (Å²) in [6.45, 7) is 5.84. The first-order valence-corrected chi connectivity index (χ1v) is 6.30. The van der Waals surface area contributed by atoms with E-state index in [-0.39, 0.29) is 17.5 Å². The third kappa shape index (κ3) is 2.32. The van der Waals surface area contributed by atoms with Crippen molar-refractivity contribution in [2.45, 2.75) is 51.6 Å². The van der Waals surface area contributed by atoms with Gasteiger partial charge in [-0.2, -0.15) is 0 Å². The lowest BCUT2D eigenvalue weighted by Gasteiger charge is -2.43. The third-order valence-electron chi connectivity index (χ3n) is 4.03. The Balaban J connectivity index is 1.87. The molecule has 1 unspecified atom stereocenters. The SMILES string of the molecule is CC1(C)CN(C(=O)NC2CCC2)CCC1N. The molecule has 2 fully saturated rings. The fourth-order valence-electron chi connectivity index (χ4n) is 2.37. The van der Waals surface area contributed by atoms with Gasteiger partial charge in [0.25, 0.3) is 0 Å². The van der Waals surface area contributed by atoms with Crippen LogP contribution in [0.4, 0.5) is 4.79 Å². The van der Waals surface area contributed by atoms with E-state index in [0.717, 1.165) is 32.4 Å². The van der Waals surface area contributed by atoms with E-state index >= 15 is 0 Å². The number of carbonyl (C=O) groups excluding carboxylic acids is 1. The highest BCUT2D eigenvalue weighted by Crippen LogP contribution is 2.28. The summed E-state index contributed by atoms with van der Waals surface area (Å²) in [5, 5.41) is 3.08. The smallest absolute Gasteiger partial charge is 0.317 e. The molecule has 16 heavy (non-hydrogen) atoms. The van der Waals surface area contributed by atoms with Gasteiger partial charge in [0.2, 0.25) is 0 Å². The molecule has 1 saturated carbocycles. The first-order chi connectivity index (χ1) is 7.49. The van der Waals surface area contributed by atoms with Crippen molar-refractivity contribution < 1.29 is 4.79 Å². The van der Waals surface area contributed by atoms with E-state index in [9.17, 15) is 4.79 Å². The Morgan fingerprint density at radius 1 is 1.38 bits per heavy atom. The molecule has 0 aromatic rings. The van der Waals surface area contributed by atoms with Crippen LogP contribution in [0.15, 0.2) is 0 Å². The molecular formula is C12H23N3O. The molecule has 0 aromatic carbocycles. The van der Waals surface area contributed by atoms with Crippen LogP contribution in [0.25, 0.3) is 0 Å². The number of nitrogens with one attached hydrogen (secondary N) is 1. The largest absolute Gasteiger partial charge is 0.335 e. The second kappa shape index (κ2) is 4.24. The van der Waals surface area contributed by atoms with Crippen LogP contribution in [0.5, 0.6) is 0 Å². The van der Waals surface area contributed by atoms with Crippen LogP contribution < -0.4 is 11.1 Å². The topological polar surface area (TPSA) is 58.4 Å². The molecule has 1 aliphatic heterocycles. The molecule has 0 aromatic heterocycles. The van der Waals surface area contributed by atoms with Gasteiger partial charge in [-0.1, -0.05) is 13.8 Å². The Hall–Kier alpha value is -0.770. The number of piperidine rings is 1. The minimum Gasteiger partial charge on any atom is -0.335 e. The van der Waals surface area contributed by atoms with Crippen LogP contribution >= 0.6 is 0 Å². The Bertz CT molecular complexity index is 273. The lowest BCUT2D eigenvalue weighted by molar-refractivity contribution is 0.107. The monoisotopic (exact) mass is 225 g/mol. The molecule has 92 valence electrons. The first-order valence-electron chi connectivity index (χ1n) is 6.30. The second-order valence-corrected chi connectivity index (χ2v) is 5.88. The Morgan fingerprint density at radius 3 is 2.56 bits per heavy atom. The highest BCUT2D eigenvalue weighted by atomic mass is 16.2. The second-order valence-electron chi connectivity index (χ2n) is 5.88. The number of urea groups is 1. The maximum atomic E-state index is 12.0. The normalized spacial score (nSPS) is 29.7. The predicted molar refractivity (Wildman–Crippen MR) is 64.1 cm³/mol. The van der Waals surface area contributed by atoms with E-state index in [1.807, 2.05) is 4.90 Å². The molecule has 2 amide bonds. The average molecular weight is 225 g/mol. The number of amides is 2. The molecule has 1 atom stereocenters. The number of hydrogen-bond donors (Lipinski definition) is 2. The molecule has 0 radical (unpaired) electrons. The van der Waals surface area contributed by atoms with E-state index in [2.05, 4.69) is 19.2 Å².